The molecule has 0 atom stereocenters. The van der Waals surface area contributed by atoms with Gasteiger partial charge in [-0.3, -0.25) is 0 Å². The molecule has 2 rings (SSSR count). The average Bonchev–Trinajstić information content (AvgIpc) is 2.59. The van der Waals surface area contributed by atoms with Crippen LogP contribution in [0.25, 0.3) is 0 Å². The number of hydrogen-bond donors (Lipinski definition) is 1. The lowest BCUT2D eigenvalue weighted by Gasteiger charge is -2.32. The molecule has 1 aliphatic rings. The molecule has 1 aromatic carbocycles. The minimum absolute atomic E-state index is 0.361. The zero-order chi connectivity index (χ0) is 15.0. The number of hydrazone groups is 1. The Kier molecular flexibility index (Phi) is 3.80. The predicted octanol–water partition coefficient (Wildman–Crippen LogP) is 1.29. The lowest BCUT2D eigenvalue weighted by atomic mass is 9.78. The van der Waals surface area contributed by atoms with Crippen LogP contribution < -0.4 is 16.0 Å². The number of methoxy groups -OCH3 is 1. The van der Waals surface area contributed by atoms with Gasteiger partial charge in [0.2, 0.25) is 0 Å². The van der Waals surface area contributed by atoms with E-state index in [1.54, 1.807) is 13.3 Å². The molecule has 108 valence electrons. The molecular weight excluding hydrogens is 255 g/mol. The maximum atomic E-state index is 6.02. The number of rotatable bonds is 3. The van der Waals surface area contributed by atoms with Gasteiger partial charge in [0.15, 0.2) is 0 Å². The van der Waals surface area contributed by atoms with Crippen molar-refractivity contribution in [1.29, 1.82) is 0 Å². The molecule has 0 spiro atoms. The number of nitrogens with two attached hydrogens (primary N) is 1. The third kappa shape index (κ3) is 2.53. The highest BCUT2D eigenvalue weighted by molar-refractivity contribution is 6.62. The van der Waals surface area contributed by atoms with Crippen molar-refractivity contribution in [3.05, 3.63) is 23.8 Å². The number of ether oxygens (including phenoxy) is 1. The van der Waals surface area contributed by atoms with Crippen molar-refractivity contribution in [2.75, 3.05) is 7.11 Å². The average molecular weight is 276 g/mol. The second-order valence-corrected chi connectivity index (χ2v) is 5.87. The van der Waals surface area contributed by atoms with E-state index in [2.05, 4.69) is 5.10 Å². The van der Waals surface area contributed by atoms with Crippen molar-refractivity contribution in [3.8, 4) is 5.75 Å². The van der Waals surface area contributed by atoms with E-state index in [-0.39, 0.29) is 11.2 Å². The second-order valence-electron chi connectivity index (χ2n) is 5.87. The van der Waals surface area contributed by atoms with Crippen molar-refractivity contribution in [1.82, 2.24) is 0 Å². The highest BCUT2D eigenvalue weighted by Gasteiger charge is 2.51. The minimum Gasteiger partial charge on any atom is -0.496 e. The summed E-state index contributed by atoms with van der Waals surface area (Å²) in [5, 5.41) is 3.55. The Morgan fingerprint density at radius 3 is 2.30 bits per heavy atom. The first-order chi connectivity index (χ1) is 9.30. The van der Waals surface area contributed by atoms with E-state index in [1.165, 1.54) is 0 Å². The zero-order valence-corrected chi connectivity index (χ0v) is 12.6. The third-order valence-corrected chi connectivity index (χ3v) is 3.99. The van der Waals surface area contributed by atoms with Gasteiger partial charge in [0.05, 0.1) is 24.5 Å². The van der Waals surface area contributed by atoms with Crippen molar-refractivity contribution in [2.24, 2.45) is 10.9 Å². The summed E-state index contributed by atoms with van der Waals surface area (Å²) in [6.45, 7) is 8.11. The Labute approximate surface area is 120 Å². The van der Waals surface area contributed by atoms with Crippen LogP contribution in [0.3, 0.4) is 0 Å². The summed E-state index contributed by atoms with van der Waals surface area (Å²) in [6, 6.07) is 5.70. The Morgan fingerprint density at radius 1 is 1.20 bits per heavy atom. The molecule has 0 saturated carbocycles. The number of benzene rings is 1. The van der Waals surface area contributed by atoms with Gasteiger partial charge in [0.25, 0.3) is 0 Å². The molecule has 0 amide bonds. The molecule has 1 aliphatic heterocycles. The van der Waals surface area contributed by atoms with Gasteiger partial charge in [-0.25, -0.2) is 0 Å². The molecular formula is C14H21BN2O3. The van der Waals surface area contributed by atoms with E-state index in [4.69, 9.17) is 19.9 Å². The Bertz CT molecular complexity index is 513. The van der Waals surface area contributed by atoms with Crippen LogP contribution in [0, 0.1) is 0 Å². The van der Waals surface area contributed by atoms with E-state index >= 15 is 0 Å². The summed E-state index contributed by atoms with van der Waals surface area (Å²) in [5.41, 5.74) is 0.987. The van der Waals surface area contributed by atoms with Gasteiger partial charge in [-0.05, 0) is 45.3 Å². The van der Waals surface area contributed by atoms with Gasteiger partial charge in [0.1, 0.15) is 5.75 Å². The van der Waals surface area contributed by atoms with E-state index in [1.807, 2.05) is 45.9 Å². The van der Waals surface area contributed by atoms with Gasteiger partial charge >= 0.3 is 7.12 Å². The highest BCUT2D eigenvalue weighted by Crippen LogP contribution is 2.36. The molecule has 1 fully saturated rings. The molecule has 1 heterocycles. The molecule has 5 nitrogen and oxygen atoms in total. The van der Waals surface area contributed by atoms with Crippen LogP contribution >= 0.6 is 0 Å². The molecule has 1 aromatic rings. The van der Waals surface area contributed by atoms with Crippen LogP contribution in [0.2, 0.25) is 0 Å². The number of hydrogen-bond acceptors (Lipinski definition) is 5. The quantitative estimate of drug-likeness (QED) is 0.391. The molecule has 20 heavy (non-hydrogen) atoms. The largest absolute Gasteiger partial charge is 0.496 e. The third-order valence-electron chi connectivity index (χ3n) is 3.99. The zero-order valence-electron chi connectivity index (χ0n) is 12.6. The summed E-state index contributed by atoms with van der Waals surface area (Å²) < 4.78 is 17.3. The fourth-order valence-electron chi connectivity index (χ4n) is 2.06. The first kappa shape index (κ1) is 14.9. The Morgan fingerprint density at radius 2 is 1.80 bits per heavy atom. The molecule has 0 bridgehead atoms. The summed E-state index contributed by atoms with van der Waals surface area (Å²) >= 11 is 0. The molecule has 0 radical (unpaired) electrons. The lowest BCUT2D eigenvalue weighted by Crippen LogP contribution is -2.41. The molecule has 0 aromatic heterocycles. The Balaban J connectivity index is 2.33. The van der Waals surface area contributed by atoms with Crippen LogP contribution in [0.1, 0.15) is 33.3 Å². The van der Waals surface area contributed by atoms with Crippen LogP contribution in [-0.2, 0) is 9.31 Å². The van der Waals surface area contributed by atoms with Crippen molar-refractivity contribution in [2.45, 2.75) is 38.9 Å². The molecule has 0 unspecified atom stereocenters. The second kappa shape index (κ2) is 5.11. The standard InChI is InChI=1S/C14H21BN2O3/c1-13(2)14(3,4)20-15(19-13)11-6-7-12(18-5)10(8-11)9-17-16/h6-9H,16H2,1-5H3. The van der Waals surface area contributed by atoms with Crippen molar-refractivity contribution >= 4 is 18.8 Å². The van der Waals surface area contributed by atoms with E-state index < -0.39 is 7.12 Å². The van der Waals surface area contributed by atoms with Crippen LogP contribution in [0.5, 0.6) is 5.75 Å². The fraction of sp³-hybridized carbons (Fsp3) is 0.500. The minimum atomic E-state index is -0.407. The van der Waals surface area contributed by atoms with Gasteiger partial charge in [0, 0.05) is 5.56 Å². The topological polar surface area (TPSA) is 66.1 Å². The highest BCUT2D eigenvalue weighted by atomic mass is 16.7. The van der Waals surface area contributed by atoms with Crippen molar-refractivity contribution in [3.63, 3.8) is 0 Å². The summed E-state index contributed by atoms with van der Waals surface area (Å²) in [4.78, 5) is 0. The summed E-state index contributed by atoms with van der Waals surface area (Å²) in [6.07, 6.45) is 1.55. The predicted molar refractivity (Wildman–Crippen MR) is 80.5 cm³/mol. The summed E-state index contributed by atoms with van der Waals surface area (Å²) in [7, 11) is 1.20. The van der Waals surface area contributed by atoms with Gasteiger partial charge < -0.3 is 19.9 Å². The van der Waals surface area contributed by atoms with E-state index in [9.17, 15) is 0 Å². The molecule has 1 saturated heterocycles. The monoisotopic (exact) mass is 276 g/mol. The van der Waals surface area contributed by atoms with E-state index in [0.29, 0.717) is 5.75 Å². The lowest BCUT2D eigenvalue weighted by molar-refractivity contribution is 0.00578. The van der Waals surface area contributed by atoms with Crippen molar-refractivity contribution < 1.29 is 14.0 Å². The SMILES string of the molecule is COc1ccc(B2OC(C)(C)C(C)(C)O2)cc1C=NN. The molecule has 6 heteroatoms. The Hall–Kier alpha value is -1.53. The van der Waals surface area contributed by atoms with E-state index in [0.717, 1.165) is 11.0 Å². The summed E-state index contributed by atoms with van der Waals surface area (Å²) in [5.74, 6) is 5.93. The smallest absolute Gasteiger partial charge is 0.494 e. The van der Waals surface area contributed by atoms with Crippen LogP contribution in [0.4, 0.5) is 0 Å². The van der Waals surface area contributed by atoms with Gasteiger partial charge in [-0.1, -0.05) is 6.07 Å². The van der Waals surface area contributed by atoms with Gasteiger partial charge in [-0.2, -0.15) is 5.10 Å². The fourth-order valence-corrected chi connectivity index (χ4v) is 2.06. The van der Waals surface area contributed by atoms with Gasteiger partial charge in [-0.15, -0.1) is 0 Å². The maximum absolute atomic E-state index is 6.02. The first-order valence-corrected chi connectivity index (χ1v) is 6.57. The van der Waals surface area contributed by atoms with Crippen LogP contribution in [-0.4, -0.2) is 31.6 Å². The number of nitrogens with zero attached hydrogens (tertiary/aromatic N) is 1. The normalized spacial score (nSPS) is 20.6. The van der Waals surface area contributed by atoms with Crippen LogP contribution in [0.15, 0.2) is 23.3 Å². The maximum Gasteiger partial charge on any atom is 0.494 e. The molecule has 0 aliphatic carbocycles. The first-order valence-electron chi connectivity index (χ1n) is 6.57. The molecule has 2 N–H and O–H groups in total.